The van der Waals surface area contributed by atoms with Gasteiger partial charge in [-0.05, 0) is 26.8 Å². The van der Waals surface area contributed by atoms with Crippen LogP contribution in [0.2, 0.25) is 0 Å². The molecule has 0 fully saturated rings. The standard InChI is InChI=1S/C13H21N3OS/c1-10(17-3)4-5-11(14-2)8-12-9-16-6-7-18-13(16)15-12/h6-7,9-11,14H,4-5,8H2,1-3H3. The van der Waals surface area contributed by atoms with Gasteiger partial charge in [0.05, 0.1) is 11.8 Å². The number of hydrogen-bond acceptors (Lipinski definition) is 4. The first-order valence-electron chi connectivity index (χ1n) is 6.34. The van der Waals surface area contributed by atoms with Gasteiger partial charge in [-0.1, -0.05) is 0 Å². The Hall–Kier alpha value is -0.910. The van der Waals surface area contributed by atoms with E-state index in [4.69, 9.17) is 4.74 Å². The molecular formula is C13H21N3OS. The lowest BCUT2D eigenvalue weighted by atomic mass is 10.0. The van der Waals surface area contributed by atoms with Gasteiger partial charge in [0.25, 0.3) is 0 Å². The van der Waals surface area contributed by atoms with Gasteiger partial charge in [-0.2, -0.15) is 0 Å². The second-order valence-electron chi connectivity index (χ2n) is 4.64. The number of methoxy groups -OCH3 is 1. The van der Waals surface area contributed by atoms with Gasteiger partial charge in [-0.3, -0.25) is 4.40 Å². The third-order valence-electron chi connectivity index (χ3n) is 3.33. The topological polar surface area (TPSA) is 38.6 Å². The third kappa shape index (κ3) is 3.31. The SMILES string of the molecule is CNC(CCC(C)OC)Cc1cn2ccsc2n1. The molecule has 2 rings (SSSR count). The third-order valence-corrected chi connectivity index (χ3v) is 4.10. The van der Waals surface area contributed by atoms with E-state index < -0.39 is 0 Å². The predicted octanol–water partition coefficient (Wildman–Crippen LogP) is 2.34. The average molecular weight is 267 g/mol. The Bertz CT molecular complexity index is 451. The Morgan fingerprint density at radius 2 is 2.33 bits per heavy atom. The van der Waals surface area contributed by atoms with Crippen LogP contribution in [0.15, 0.2) is 17.8 Å². The molecule has 2 heterocycles. The molecule has 0 saturated carbocycles. The molecule has 0 spiro atoms. The van der Waals surface area contributed by atoms with E-state index in [9.17, 15) is 0 Å². The summed E-state index contributed by atoms with van der Waals surface area (Å²) in [4.78, 5) is 5.69. The van der Waals surface area contributed by atoms with Gasteiger partial charge in [-0.25, -0.2) is 4.98 Å². The maximum absolute atomic E-state index is 5.29. The maximum atomic E-state index is 5.29. The Morgan fingerprint density at radius 3 is 3.00 bits per heavy atom. The molecule has 5 heteroatoms. The lowest BCUT2D eigenvalue weighted by molar-refractivity contribution is 0.106. The minimum Gasteiger partial charge on any atom is -0.382 e. The molecule has 100 valence electrons. The van der Waals surface area contributed by atoms with Crippen LogP contribution in [0, 0.1) is 0 Å². The van der Waals surface area contributed by atoms with Gasteiger partial charge in [0.15, 0.2) is 4.96 Å². The highest BCUT2D eigenvalue weighted by molar-refractivity contribution is 7.15. The summed E-state index contributed by atoms with van der Waals surface area (Å²) >= 11 is 1.68. The van der Waals surface area contributed by atoms with Gasteiger partial charge in [0.2, 0.25) is 0 Å². The lowest BCUT2D eigenvalue weighted by Gasteiger charge is -2.17. The van der Waals surface area contributed by atoms with Crippen molar-refractivity contribution in [3.63, 3.8) is 0 Å². The molecule has 0 bridgehead atoms. The lowest BCUT2D eigenvalue weighted by Crippen LogP contribution is -2.28. The van der Waals surface area contributed by atoms with E-state index >= 15 is 0 Å². The first-order valence-corrected chi connectivity index (χ1v) is 7.22. The summed E-state index contributed by atoms with van der Waals surface area (Å²) in [5, 5.41) is 5.42. The average Bonchev–Trinajstić information content (AvgIpc) is 2.94. The van der Waals surface area contributed by atoms with Crippen molar-refractivity contribution in [2.75, 3.05) is 14.2 Å². The number of fused-ring (bicyclic) bond motifs is 1. The van der Waals surface area contributed by atoms with Crippen molar-refractivity contribution >= 4 is 16.3 Å². The second-order valence-corrected chi connectivity index (χ2v) is 5.51. The molecular weight excluding hydrogens is 246 g/mol. The van der Waals surface area contributed by atoms with Crippen molar-refractivity contribution in [1.29, 1.82) is 0 Å². The number of nitrogens with zero attached hydrogens (tertiary/aromatic N) is 2. The number of hydrogen-bond donors (Lipinski definition) is 1. The number of thiazole rings is 1. The Labute approximate surface area is 112 Å². The van der Waals surface area contributed by atoms with Crippen molar-refractivity contribution in [3.8, 4) is 0 Å². The van der Waals surface area contributed by atoms with Gasteiger partial charge in [0, 0.05) is 37.3 Å². The molecule has 2 aromatic heterocycles. The van der Waals surface area contributed by atoms with Crippen LogP contribution >= 0.6 is 11.3 Å². The van der Waals surface area contributed by atoms with E-state index in [-0.39, 0.29) is 0 Å². The zero-order chi connectivity index (χ0) is 13.0. The number of aromatic nitrogens is 2. The van der Waals surface area contributed by atoms with E-state index in [0.717, 1.165) is 29.9 Å². The summed E-state index contributed by atoms with van der Waals surface area (Å²) in [6, 6.07) is 0.465. The fourth-order valence-corrected chi connectivity index (χ4v) is 2.75. The van der Waals surface area contributed by atoms with E-state index in [0.29, 0.717) is 12.1 Å². The Kier molecular flexibility index (Phi) is 4.74. The summed E-state index contributed by atoms with van der Waals surface area (Å²) < 4.78 is 7.37. The molecule has 0 aliphatic carbocycles. The molecule has 0 aliphatic heterocycles. The zero-order valence-electron chi connectivity index (χ0n) is 11.2. The summed E-state index contributed by atoms with van der Waals surface area (Å²) in [5.74, 6) is 0. The fourth-order valence-electron chi connectivity index (χ4n) is 2.03. The van der Waals surface area contributed by atoms with E-state index in [1.807, 2.05) is 7.05 Å². The van der Waals surface area contributed by atoms with Crippen LogP contribution in [0.5, 0.6) is 0 Å². The van der Waals surface area contributed by atoms with Crippen LogP contribution in [0.25, 0.3) is 4.96 Å². The molecule has 4 nitrogen and oxygen atoms in total. The predicted molar refractivity (Wildman–Crippen MR) is 75.3 cm³/mol. The number of nitrogens with one attached hydrogen (secondary N) is 1. The van der Waals surface area contributed by atoms with Gasteiger partial charge in [-0.15, -0.1) is 11.3 Å². The Balaban J connectivity index is 1.91. The van der Waals surface area contributed by atoms with Gasteiger partial charge in [0.1, 0.15) is 0 Å². The van der Waals surface area contributed by atoms with Gasteiger partial charge >= 0.3 is 0 Å². The van der Waals surface area contributed by atoms with Crippen molar-refractivity contribution in [2.24, 2.45) is 0 Å². The summed E-state index contributed by atoms with van der Waals surface area (Å²) in [6.07, 6.45) is 7.65. The quantitative estimate of drug-likeness (QED) is 0.837. The highest BCUT2D eigenvalue weighted by Gasteiger charge is 2.12. The summed E-state index contributed by atoms with van der Waals surface area (Å²) in [6.45, 7) is 2.11. The van der Waals surface area contributed by atoms with Gasteiger partial charge < -0.3 is 10.1 Å². The first kappa shape index (κ1) is 13.5. The van der Waals surface area contributed by atoms with Crippen molar-refractivity contribution < 1.29 is 4.74 Å². The molecule has 0 saturated heterocycles. The van der Waals surface area contributed by atoms with E-state index in [1.54, 1.807) is 18.4 Å². The van der Waals surface area contributed by atoms with Crippen molar-refractivity contribution in [1.82, 2.24) is 14.7 Å². The number of imidazole rings is 1. The molecule has 0 radical (unpaired) electrons. The monoisotopic (exact) mass is 267 g/mol. The second kappa shape index (κ2) is 6.31. The van der Waals surface area contributed by atoms with Crippen molar-refractivity contribution in [2.45, 2.75) is 38.3 Å². The zero-order valence-corrected chi connectivity index (χ0v) is 12.0. The van der Waals surface area contributed by atoms with E-state index in [2.05, 4.69) is 39.4 Å². The molecule has 2 atom stereocenters. The first-order chi connectivity index (χ1) is 8.72. The normalized spacial score (nSPS) is 15.1. The van der Waals surface area contributed by atoms with Crippen LogP contribution in [0.4, 0.5) is 0 Å². The summed E-state index contributed by atoms with van der Waals surface area (Å²) in [7, 11) is 3.78. The van der Waals surface area contributed by atoms with Crippen LogP contribution < -0.4 is 5.32 Å². The van der Waals surface area contributed by atoms with Crippen LogP contribution in [-0.2, 0) is 11.2 Å². The van der Waals surface area contributed by atoms with E-state index in [1.165, 1.54) is 0 Å². The number of rotatable bonds is 7. The smallest absolute Gasteiger partial charge is 0.193 e. The molecule has 2 unspecified atom stereocenters. The highest BCUT2D eigenvalue weighted by atomic mass is 32.1. The molecule has 18 heavy (non-hydrogen) atoms. The molecule has 2 aromatic rings. The van der Waals surface area contributed by atoms with Crippen LogP contribution in [0.1, 0.15) is 25.5 Å². The minimum absolute atomic E-state index is 0.325. The largest absolute Gasteiger partial charge is 0.382 e. The van der Waals surface area contributed by atoms with Crippen LogP contribution in [0.3, 0.4) is 0 Å². The minimum atomic E-state index is 0.325. The molecule has 0 aliphatic rings. The van der Waals surface area contributed by atoms with Crippen molar-refractivity contribution in [3.05, 3.63) is 23.5 Å². The fraction of sp³-hybridized carbons (Fsp3) is 0.615. The van der Waals surface area contributed by atoms with Crippen LogP contribution in [-0.4, -0.2) is 35.7 Å². The molecule has 0 aromatic carbocycles. The highest BCUT2D eigenvalue weighted by Crippen LogP contribution is 2.14. The number of likely N-dealkylation sites (N-methyl/N-ethyl adjacent to an activating group) is 1. The molecule has 1 N–H and O–H groups in total. The Morgan fingerprint density at radius 1 is 1.50 bits per heavy atom. The number of ether oxygens (including phenoxy) is 1. The molecule has 0 amide bonds. The maximum Gasteiger partial charge on any atom is 0.193 e. The summed E-state index contributed by atoms with van der Waals surface area (Å²) in [5.41, 5.74) is 1.16.